The zero-order valence-electron chi connectivity index (χ0n) is 13.2. The highest BCUT2D eigenvalue weighted by molar-refractivity contribution is 6.05. The number of aromatic amines is 1. The van der Waals surface area contributed by atoms with E-state index in [9.17, 15) is 4.79 Å². The van der Waals surface area contributed by atoms with Gasteiger partial charge in [0.15, 0.2) is 5.58 Å². The molecule has 2 aromatic heterocycles. The van der Waals surface area contributed by atoms with Crippen LogP contribution in [-0.4, -0.2) is 10.1 Å². The van der Waals surface area contributed by atoms with Gasteiger partial charge in [-0.25, -0.2) is 0 Å². The standard InChI is InChI=1S/C19H16N2O2/c1-10-16(13-7-5-4-6-8-13)15-9-14-12(3)21-23-18(14)11(2)17(15)20-19(10)22/h4-9H,1-3H3,(H,20,22). The van der Waals surface area contributed by atoms with Gasteiger partial charge in [-0.3, -0.25) is 4.79 Å². The van der Waals surface area contributed by atoms with E-state index < -0.39 is 0 Å². The molecular formula is C19H16N2O2. The predicted octanol–water partition coefficient (Wildman–Crippen LogP) is 4.26. The first-order chi connectivity index (χ1) is 11.1. The summed E-state index contributed by atoms with van der Waals surface area (Å²) in [6.45, 7) is 5.74. The molecule has 0 aliphatic heterocycles. The topological polar surface area (TPSA) is 58.9 Å². The fourth-order valence-electron chi connectivity index (χ4n) is 3.21. The van der Waals surface area contributed by atoms with Gasteiger partial charge in [-0.15, -0.1) is 0 Å². The number of pyridine rings is 1. The zero-order chi connectivity index (χ0) is 16.1. The quantitative estimate of drug-likeness (QED) is 0.571. The number of hydrogen-bond acceptors (Lipinski definition) is 3. The number of aryl methyl sites for hydroxylation is 2. The van der Waals surface area contributed by atoms with Gasteiger partial charge in [0, 0.05) is 21.9 Å². The second-order valence-corrected chi connectivity index (χ2v) is 5.89. The maximum Gasteiger partial charge on any atom is 0.251 e. The molecule has 0 aliphatic carbocycles. The summed E-state index contributed by atoms with van der Waals surface area (Å²) in [4.78, 5) is 15.4. The first-order valence-electron chi connectivity index (χ1n) is 7.55. The molecule has 114 valence electrons. The largest absolute Gasteiger partial charge is 0.356 e. The summed E-state index contributed by atoms with van der Waals surface area (Å²) >= 11 is 0. The maximum absolute atomic E-state index is 12.4. The third-order valence-corrected chi connectivity index (χ3v) is 4.47. The van der Waals surface area contributed by atoms with Crippen molar-refractivity contribution in [1.82, 2.24) is 10.1 Å². The predicted molar refractivity (Wildman–Crippen MR) is 91.8 cm³/mol. The van der Waals surface area contributed by atoms with Crippen LogP contribution in [0.4, 0.5) is 0 Å². The van der Waals surface area contributed by atoms with Crippen LogP contribution in [0.5, 0.6) is 0 Å². The van der Waals surface area contributed by atoms with Gasteiger partial charge in [0.05, 0.1) is 11.2 Å². The number of fused-ring (bicyclic) bond motifs is 2. The van der Waals surface area contributed by atoms with Crippen LogP contribution in [0.3, 0.4) is 0 Å². The normalized spacial score (nSPS) is 11.4. The zero-order valence-corrected chi connectivity index (χ0v) is 13.2. The lowest BCUT2D eigenvalue weighted by molar-refractivity contribution is 0.449. The lowest BCUT2D eigenvalue weighted by atomic mass is 9.94. The Morgan fingerprint density at radius 3 is 2.48 bits per heavy atom. The molecule has 0 bridgehead atoms. The Morgan fingerprint density at radius 1 is 1.00 bits per heavy atom. The molecule has 0 saturated heterocycles. The molecule has 0 spiro atoms. The molecule has 23 heavy (non-hydrogen) atoms. The summed E-state index contributed by atoms with van der Waals surface area (Å²) in [6, 6.07) is 12.1. The van der Waals surface area contributed by atoms with Crippen molar-refractivity contribution in [2.75, 3.05) is 0 Å². The van der Waals surface area contributed by atoms with E-state index in [1.165, 1.54) is 0 Å². The first kappa shape index (κ1) is 13.8. The highest BCUT2D eigenvalue weighted by atomic mass is 16.5. The van der Waals surface area contributed by atoms with E-state index in [1.54, 1.807) is 0 Å². The number of rotatable bonds is 1. The van der Waals surface area contributed by atoms with Gasteiger partial charge < -0.3 is 9.51 Å². The molecule has 0 radical (unpaired) electrons. The van der Waals surface area contributed by atoms with Crippen LogP contribution in [0.1, 0.15) is 16.8 Å². The second-order valence-electron chi connectivity index (χ2n) is 5.89. The average molecular weight is 304 g/mol. The van der Waals surface area contributed by atoms with Gasteiger partial charge in [-0.1, -0.05) is 35.5 Å². The number of nitrogens with zero attached hydrogens (tertiary/aromatic N) is 1. The first-order valence-corrected chi connectivity index (χ1v) is 7.55. The molecule has 2 aromatic carbocycles. The van der Waals surface area contributed by atoms with E-state index in [0.29, 0.717) is 0 Å². The van der Waals surface area contributed by atoms with Crippen molar-refractivity contribution in [3.05, 3.63) is 63.6 Å². The van der Waals surface area contributed by atoms with Crippen LogP contribution in [0.25, 0.3) is 33.0 Å². The monoisotopic (exact) mass is 304 g/mol. The van der Waals surface area contributed by atoms with E-state index in [2.05, 4.69) is 16.2 Å². The minimum atomic E-state index is -0.0740. The van der Waals surface area contributed by atoms with Gasteiger partial charge in [0.2, 0.25) is 0 Å². The molecule has 0 unspecified atom stereocenters. The number of aromatic nitrogens is 2. The van der Waals surface area contributed by atoms with Crippen molar-refractivity contribution in [1.29, 1.82) is 0 Å². The van der Waals surface area contributed by atoms with Crippen molar-refractivity contribution in [3.8, 4) is 11.1 Å². The fourth-order valence-corrected chi connectivity index (χ4v) is 3.21. The highest BCUT2D eigenvalue weighted by Crippen LogP contribution is 2.35. The molecule has 0 aliphatic rings. The second kappa shape index (κ2) is 4.81. The SMILES string of the molecule is Cc1c(-c2ccccc2)c2cc3c(C)noc3c(C)c2[nH]c1=O. The van der Waals surface area contributed by atoms with E-state index in [4.69, 9.17) is 4.52 Å². The lowest BCUT2D eigenvalue weighted by Crippen LogP contribution is -2.12. The van der Waals surface area contributed by atoms with Crippen LogP contribution in [0, 0.1) is 20.8 Å². The van der Waals surface area contributed by atoms with Gasteiger partial charge in [-0.05, 0) is 38.0 Å². The van der Waals surface area contributed by atoms with Crippen molar-refractivity contribution in [3.63, 3.8) is 0 Å². The van der Waals surface area contributed by atoms with Crippen molar-refractivity contribution >= 4 is 21.9 Å². The summed E-state index contributed by atoms with van der Waals surface area (Å²) in [6.07, 6.45) is 0. The van der Waals surface area contributed by atoms with Gasteiger partial charge in [0.1, 0.15) is 0 Å². The van der Waals surface area contributed by atoms with E-state index in [1.807, 2.05) is 51.1 Å². The molecule has 4 rings (SSSR count). The van der Waals surface area contributed by atoms with E-state index in [-0.39, 0.29) is 5.56 Å². The third-order valence-electron chi connectivity index (χ3n) is 4.47. The van der Waals surface area contributed by atoms with Crippen LogP contribution in [-0.2, 0) is 0 Å². The Bertz CT molecular complexity index is 1110. The van der Waals surface area contributed by atoms with Crippen LogP contribution in [0.15, 0.2) is 45.7 Å². The summed E-state index contributed by atoms with van der Waals surface area (Å²) in [5.41, 5.74) is 5.95. The summed E-state index contributed by atoms with van der Waals surface area (Å²) in [5, 5.41) is 6.06. The van der Waals surface area contributed by atoms with Crippen molar-refractivity contribution in [2.24, 2.45) is 0 Å². The smallest absolute Gasteiger partial charge is 0.251 e. The minimum Gasteiger partial charge on any atom is -0.356 e. The van der Waals surface area contributed by atoms with Crippen LogP contribution < -0.4 is 5.56 Å². The van der Waals surface area contributed by atoms with E-state index >= 15 is 0 Å². The lowest BCUT2D eigenvalue weighted by Gasteiger charge is -2.12. The summed E-state index contributed by atoms with van der Waals surface area (Å²) in [5.74, 6) is 0. The van der Waals surface area contributed by atoms with Gasteiger partial charge >= 0.3 is 0 Å². The van der Waals surface area contributed by atoms with Crippen LogP contribution >= 0.6 is 0 Å². The molecule has 0 atom stereocenters. The highest BCUT2D eigenvalue weighted by Gasteiger charge is 2.17. The number of H-pyrrole nitrogens is 1. The molecule has 4 nitrogen and oxygen atoms in total. The number of hydrogen-bond donors (Lipinski definition) is 1. The van der Waals surface area contributed by atoms with Gasteiger partial charge in [-0.2, -0.15) is 0 Å². The van der Waals surface area contributed by atoms with Crippen LogP contribution in [0.2, 0.25) is 0 Å². The Kier molecular flexibility index (Phi) is 2.88. The molecule has 1 N–H and O–H groups in total. The molecule has 0 amide bonds. The summed E-state index contributed by atoms with van der Waals surface area (Å²) in [7, 11) is 0. The Labute approximate surface area is 132 Å². The summed E-state index contributed by atoms with van der Waals surface area (Å²) < 4.78 is 5.43. The molecule has 4 heteroatoms. The average Bonchev–Trinajstić information content (AvgIpc) is 2.92. The molecule has 2 heterocycles. The Balaban J connectivity index is 2.26. The molecule has 0 saturated carbocycles. The minimum absolute atomic E-state index is 0.0740. The Hall–Kier alpha value is -2.88. The number of nitrogens with one attached hydrogen (secondary N) is 1. The van der Waals surface area contributed by atoms with Crippen molar-refractivity contribution < 1.29 is 4.52 Å². The van der Waals surface area contributed by atoms with Crippen molar-refractivity contribution in [2.45, 2.75) is 20.8 Å². The third kappa shape index (κ3) is 1.91. The molecule has 4 aromatic rings. The van der Waals surface area contributed by atoms with Gasteiger partial charge in [0.25, 0.3) is 5.56 Å². The molecular weight excluding hydrogens is 288 g/mol. The fraction of sp³-hybridized carbons (Fsp3) is 0.158. The van der Waals surface area contributed by atoms with E-state index in [0.717, 1.165) is 49.8 Å². The Morgan fingerprint density at radius 2 is 1.74 bits per heavy atom. The maximum atomic E-state index is 12.4. The number of benzene rings is 2. The molecule has 0 fully saturated rings.